The second kappa shape index (κ2) is 74.9. The molecule has 30 heteroatoms. The van der Waals surface area contributed by atoms with E-state index in [1.54, 1.807) is 5.57 Å². The first-order valence-electron chi connectivity index (χ1n) is 23.4. The van der Waals surface area contributed by atoms with E-state index in [4.69, 9.17) is 33.1 Å². The van der Waals surface area contributed by atoms with Crippen LogP contribution in [-0.4, -0.2) is 102 Å². The van der Waals surface area contributed by atoms with Crippen LogP contribution in [0.3, 0.4) is 0 Å². The molecule has 76 heavy (non-hydrogen) atoms. The first-order valence-corrected chi connectivity index (χ1v) is 25.4. The van der Waals surface area contributed by atoms with Crippen molar-refractivity contribution in [3.8, 4) is 0 Å². The van der Waals surface area contributed by atoms with Gasteiger partial charge in [0.05, 0.1) is 59.5 Å². The van der Waals surface area contributed by atoms with E-state index >= 15 is 0 Å². The first kappa shape index (κ1) is 126. The average Bonchev–Trinajstić information content (AvgIpc) is 3.54. The van der Waals surface area contributed by atoms with Gasteiger partial charge in [0.1, 0.15) is 6.10 Å². The van der Waals surface area contributed by atoms with Gasteiger partial charge in [0.15, 0.2) is 0 Å². The number of ether oxygens (including phenoxy) is 5. The van der Waals surface area contributed by atoms with Crippen LogP contribution >= 0.6 is 7.60 Å². The third-order valence-electron chi connectivity index (χ3n) is 14.4. The van der Waals surface area contributed by atoms with E-state index in [0.717, 1.165) is 80.5 Å². The molecule has 0 bridgehead atoms. The molecule has 393 valence electrons. The molecule has 3 N–H and O–H groups in total. The molecule has 0 aromatic heterocycles. The summed E-state index contributed by atoms with van der Waals surface area (Å²) < 4.78 is 44.0. The molecule has 0 aromatic rings. The van der Waals surface area contributed by atoms with Crippen LogP contribution in [0, 0.1) is 46.3 Å². The number of carbonyl (C=O) groups is 2. The number of alkyl carbamates (subject to hydrolysis) is 1. The van der Waals surface area contributed by atoms with E-state index in [0.29, 0.717) is 77.8 Å². The summed E-state index contributed by atoms with van der Waals surface area (Å²) in [5, 5.41) is 5.74. The maximum atomic E-state index is 12.7. The summed E-state index contributed by atoms with van der Waals surface area (Å²) in [6.07, 6.45) is 19.7. The van der Waals surface area contributed by atoms with Gasteiger partial charge in [0, 0.05) is 589 Å². The van der Waals surface area contributed by atoms with Gasteiger partial charge in [0.2, 0.25) is 5.91 Å². The Hall–Kier alpha value is 17.2. The zero-order valence-electron chi connectivity index (χ0n) is 47.6. The maximum Gasteiger partial charge on any atom is 0.407 e. The van der Waals surface area contributed by atoms with Crippen molar-refractivity contribution < 1.29 is 603 Å². The molecule has 9 atom stereocenters. The number of amides is 2. The molecule has 0 saturated heterocycles. The Bertz CT molecular complexity index is 1380. The van der Waals surface area contributed by atoms with Gasteiger partial charge in [0.25, 0.3) is 0 Å². The Morgan fingerprint density at radius 1 is 0.618 bits per heavy atom. The van der Waals surface area contributed by atoms with Crippen molar-refractivity contribution >= 4 is 19.6 Å². The van der Waals surface area contributed by atoms with Crippen LogP contribution in [0.25, 0.3) is 0 Å². The van der Waals surface area contributed by atoms with Crippen molar-refractivity contribution in [1.82, 2.24) is 10.6 Å². The van der Waals surface area contributed by atoms with E-state index in [9.17, 15) is 14.2 Å². The number of hydrogen-bond donors (Lipinski definition) is 3. The summed E-state index contributed by atoms with van der Waals surface area (Å²) in [6.45, 7) is 18.2. The molecule has 4 aliphatic carbocycles. The quantitative estimate of drug-likeness (QED) is 0.0376. The molecule has 0 spiro atoms. The number of fused-ring (bicyclic) bond motifs is 5. The Morgan fingerprint density at radius 3 is 1.68 bits per heavy atom. The summed E-state index contributed by atoms with van der Waals surface area (Å²) in [4.78, 5) is 33.7. The summed E-state index contributed by atoms with van der Waals surface area (Å²) in [5.74, 6) is 4.90. The largest absolute Gasteiger partial charge is 0.446 e. The van der Waals surface area contributed by atoms with Gasteiger partial charge in [-0.15, -0.1) is 0 Å². The number of carbonyl (C=O) groups excluding carboxylic acids is 2. The van der Waals surface area contributed by atoms with E-state index < -0.39 is 7.60 Å². The topological polar surface area (TPSA) is 151 Å². The van der Waals surface area contributed by atoms with E-state index in [1.807, 2.05) is 0 Å². The standard InChI is InChI=1S/C46H83N2O10P.17Y/c1-35(2)12-11-13-36(3)40-16-17-41-39-15-14-37-34-38(18-21-45(37,4)42(39)19-22-46(40,41)5)58-44(50)48-24-27-54-29-31-56-33-32-55-30-28-53-26-20-43(49)47-23-9-7-8-10-25-57-59(6,51)52;;;;;;;;;;;;;;;;;/h14,35-36,38-42H,7-13,15-34H2,1-6H3,(H,47,49)(H,48,50)(H,51,52);;;;;;;;;;;;;;;;;/t36-,38+,39+,40-,41+,42+,45+,46-;;;;;;;;;;;;;;;;;/m1................./s1. The van der Waals surface area contributed by atoms with Crippen molar-refractivity contribution in [3.05, 3.63) is 11.6 Å². The first-order chi connectivity index (χ1) is 28.2. The number of rotatable bonds is 29. The number of nitrogens with one attached hydrogen (secondary N) is 2. The normalized spacial score (nSPS) is 22.6. The molecular weight excluding hydrogens is 2280 g/mol. The van der Waals surface area contributed by atoms with E-state index in [-0.39, 0.29) is 586 Å². The minimum absolute atomic E-state index is 0. The van der Waals surface area contributed by atoms with Gasteiger partial charge >= 0.3 is 13.7 Å². The van der Waals surface area contributed by atoms with Crippen molar-refractivity contribution in [1.29, 1.82) is 0 Å². The summed E-state index contributed by atoms with van der Waals surface area (Å²) in [6, 6.07) is 0. The van der Waals surface area contributed by atoms with Gasteiger partial charge < -0.3 is 43.7 Å². The van der Waals surface area contributed by atoms with E-state index in [1.165, 1.54) is 58.0 Å². The SMILES string of the molecule is CC(C)CCC[C@@H](C)[C@H]1CC[C@H]2[C@@H]3CC=C4C[C@@H](OC(=O)NCCOCCOCCOCCOCCC(=O)NCCCCCCOP(C)(=O)O)CC[C@]4(C)[C@H]3CC[C@]12C.[Y].[Y].[Y].[Y].[Y].[Y].[Y].[Y].[Y].[Y].[Y].[Y].[Y].[Y].[Y].[Y].[Y]. The molecule has 17 radical (unpaired) electrons. The maximum absolute atomic E-state index is 12.7. The Balaban J connectivity index is -0.000000188. The average molecular weight is 2370 g/mol. The molecule has 4 rings (SSSR count). The molecule has 3 fully saturated rings. The summed E-state index contributed by atoms with van der Waals surface area (Å²) >= 11 is 0. The number of unbranched alkanes of at least 4 members (excludes halogenated alkanes) is 3. The predicted octanol–water partition coefficient (Wildman–Crippen LogP) is 9.05. The van der Waals surface area contributed by atoms with Gasteiger partial charge in [-0.2, -0.15) is 0 Å². The van der Waals surface area contributed by atoms with Crippen molar-refractivity contribution in [2.75, 3.05) is 79.2 Å². The zero-order chi connectivity index (χ0) is 42.7. The minimum Gasteiger partial charge on any atom is -0.446 e. The Kier molecular flexibility index (Phi) is 125. The fourth-order valence-corrected chi connectivity index (χ4v) is 11.7. The fourth-order valence-electron chi connectivity index (χ4n) is 11.2. The second-order valence-corrected chi connectivity index (χ2v) is 21.0. The molecule has 12 nitrogen and oxygen atoms in total. The monoisotopic (exact) mass is 2370 g/mol. The molecule has 2 amide bonds. The smallest absolute Gasteiger partial charge is 0.407 e. The van der Waals surface area contributed by atoms with Gasteiger partial charge in [-0.3, -0.25) is 9.36 Å². The van der Waals surface area contributed by atoms with Crippen LogP contribution in [0.15, 0.2) is 11.6 Å². The van der Waals surface area contributed by atoms with Crippen molar-refractivity contribution in [3.63, 3.8) is 0 Å². The second-order valence-electron chi connectivity index (χ2n) is 19.1. The molecule has 0 heterocycles. The van der Waals surface area contributed by atoms with Crippen LogP contribution < -0.4 is 10.6 Å². The van der Waals surface area contributed by atoms with Crippen LogP contribution in [0.5, 0.6) is 0 Å². The number of hydrogen-bond acceptors (Lipinski definition) is 9. The number of allylic oxidation sites excluding steroid dienone is 1. The fraction of sp³-hybridized carbons (Fsp3) is 0.913. The van der Waals surface area contributed by atoms with Gasteiger partial charge in [-0.1, -0.05) is 78.4 Å². The van der Waals surface area contributed by atoms with Crippen molar-refractivity contribution in [2.24, 2.45) is 46.3 Å². The minimum atomic E-state index is -3.39. The molecule has 1 unspecified atom stereocenters. The van der Waals surface area contributed by atoms with Crippen molar-refractivity contribution in [2.45, 2.75) is 143 Å². The van der Waals surface area contributed by atoms with Gasteiger partial charge in [-0.05, 0) is 104 Å². The zero-order valence-corrected chi connectivity index (χ0v) is 96.7. The van der Waals surface area contributed by atoms with Crippen LogP contribution in [0.2, 0.25) is 0 Å². The third-order valence-corrected chi connectivity index (χ3v) is 15.0. The molecule has 0 aromatic carbocycles. The molecule has 3 saturated carbocycles. The Morgan fingerprint density at radius 2 is 1.14 bits per heavy atom. The van der Waals surface area contributed by atoms with Crippen LogP contribution in [0.4, 0.5) is 4.79 Å². The third kappa shape index (κ3) is 52.3. The summed E-state index contributed by atoms with van der Waals surface area (Å²) in [7, 11) is -3.39. The van der Waals surface area contributed by atoms with Crippen LogP contribution in [0.1, 0.15) is 137 Å². The molecule has 0 aliphatic heterocycles. The van der Waals surface area contributed by atoms with Crippen LogP contribution in [-0.2, 0) is 594 Å². The molecular formula is C46H83N2O10PY17. The summed E-state index contributed by atoms with van der Waals surface area (Å²) in [5.41, 5.74) is 2.29. The Labute approximate surface area is 890 Å². The van der Waals surface area contributed by atoms with Gasteiger partial charge in [-0.25, -0.2) is 4.79 Å². The molecule has 4 aliphatic rings. The van der Waals surface area contributed by atoms with E-state index in [2.05, 4.69) is 51.3 Å². The predicted molar refractivity (Wildman–Crippen MR) is 232 cm³/mol.